The van der Waals surface area contributed by atoms with E-state index in [-0.39, 0.29) is 0 Å². The highest BCUT2D eigenvalue weighted by Gasteiger charge is 1.87. The van der Waals surface area contributed by atoms with E-state index in [4.69, 9.17) is 0 Å². The van der Waals surface area contributed by atoms with Gasteiger partial charge in [0.2, 0.25) is 0 Å². The largest absolute Gasteiger partial charge is 0.231 e. The van der Waals surface area contributed by atoms with Crippen LogP contribution in [0.5, 0.6) is 0 Å². The van der Waals surface area contributed by atoms with E-state index in [2.05, 4.69) is 20.8 Å². The smallest absolute Gasteiger partial charge is 0.130 e. The molecule has 0 atom stereocenters. The number of amidine groups is 1. The molecule has 0 aromatic heterocycles. The lowest BCUT2D eigenvalue weighted by molar-refractivity contribution is 1.24. The van der Waals surface area contributed by atoms with E-state index in [0.29, 0.717) is 0 Å². The zero-order valence-electron chi connectivity index (χ0n) is 5.20. The molecule has 0 saturated carbocycles. The van der Waals surface area contributed by atoms with Crippen molar-refractivity contribution in [3.63, 3.8) is 0 Å². The number of hydrogen-bond acceptors (Lipinski definition) is 3. The predicted octanol–water partition coefficient (Wildman–Crippen LogP) is 1.02. The predicted molar refractivity (Wildman–Crippen MR) is 38.2 cm³/mol. The highest BCUT2D eigenvalue weighted by molar-refractivity contribution is 5.92. The third kappa shape index (κ3) is 1.63. The molecule has 3 nitrogen and oxygen atoms in total. The topological polar surface area (TPSA) is 37.1 Å². The third-order valence-electron chi connectivity index (χ3n) is 0.927. The molecular formula is C6H7N3. The normalized spacial score (nSPS) is 15.4. The summed E-state index contributed by atoms with van der Waals surface area (Å²) in [6.07, 6.45) is 3.81. The van der Waals surface area contributed by atoms with Gasteiger partial charge in [0, 0.05) is 12.3 Å². The van der Waals surface area contributed by atoms with E-state index in [1.54, 1.807) is 0 Å². The van der Waals surface area contributed by atoms with Gasteiger partial charge in [0.05, 0.1) is 6.20 Å². The summed E-state index contributed by atoms with van der Waals surface area (Å²) in [5.41, 5.74) is 0. The summed E-state index contributed by atoms with van der Waals surface area (Å²) in [6.45, 7) is 2.00. The molecule has 0 saturated heterocycles. The summed E-state index contributed by atoms with van der Waals surface area (Å²) in [5.74, 6) is 3.37. The Kier molecular flexibility index (Phi) is 1.94. The molecular weight excluding hydrogens is 114 g/mol. The summed E-state index contributed by atoms with van der Waals surface area (Å²) in [4.78, 5) is 11.5. The van der Waals surface area contributed by atoms with Crippen molar-refractivity contribution in [3.05, 3.63) is 6.20 Å². The Labute approximate surface area is 53.6 Å². The van der Waals surface area contributed by atoms with Crippen molar-refractivity contribution >= 4 is 18.0 Å². The average molecular weight is 121 g/mol. The van der Waals surface area contributed by atoms with Gasteiger partial charge in [0.25, 0.3) is 0 Å². The maximum absolute atomic E-state index is 3.93. The van der Waals surface area contributed by atoms with Crippen LogP contribution in [-0.4, -0.2) is 18.0 Å². The van der Waals surface area contributed by atoms with Gasteiger partial charge in [-0.15, -0.1) is 0 Å². The van der Waals surface area contributed by atoms with Gasteiger partial charge in [-0.2, -0.15) is 4.99 Å². The number of hydrogen-bond donors (Lipinski definition) is 0. The van der Waals surface area contributed by atoms with Crippen LogP contribution in [0.15, 0.2) is 21.2 Å². The standard InChI is InChI=1S/C6H7N3/c1-2-6-8-4-3-7-5-9-6/h4-5H,2H2,1H3. The molecule has 0 aromatic carbocycles. The maximum atomic E-state index is 3.93. The van der Waals surface area contributed by atoms with Crippen LogP contribution in [0.2, 0.25) is 0 Å². The van der Waals surface area contributed by atoms with E-state index < -0.39 is 0 Å². The molecule has 0 aliphatic carbocycles. The van der Waals surface area contributed by atoms with E-state index in [1.807, 2.05) is 6.92 Å². The Hall–Kier alpha value is -1.21. The molecule has 0 radical (unpaired) electrons. The van der Waals surface area contributed by atoms with Crippen LogP contribution in [0, 0.1) is 0 Å². The summed E-state index contributed by atoms with van der Waals surface area (Å²) in [6, 6.07) is 0. The molecule has 3 heteroatoms. The molecule has 0 N–H and O–H groups in total. The highest BCUT2D eigenvalue weighted by atomic mass is 15.0. The van der Waals surface area contributed by atoms with E-state index >= 15 is 0 Å². The lowest BCUT2D eigenvalue weighted by Crippen LogP contribution is -1.87. The van der Waals surface area contributed by atoms with Gasteiger partial charge in [-0.25, -0.2) is 9.98 Å². The second kappa shape index (κ2) is 2.95. The third-order valence-corrected chi connectivity index (χ3v) is 0.927. The Balaban J connectivity index is 2.78. The van der Waals surface area contributed by atoms with E-state index in [0.717, 1.165) is 12.3 Å². The molecule has 1 aliphatic heterocycles. The van der Waals surface area contributed by atoms with Crippen molar-refractivity contribution in [1.82, 2.24) is 0 Å². The SMILES string of the molecule is CCC1=NC=C=NC=N1. The maximum Gasteiger partial charge on any atom is 0.130 e. The Morgan fingerprint density at radius 1 is 1.67 bits per heavy atom. The van der Waals surface area contributed by atoms with Gasteiger partial charge >= 0.3 is 0 Å². The Morgan fingerprint density at radius 3 is 3.33 bits per heavy atom. The first kappa shape index (κ1) is 5.92. The van der Waals surface area contributed by atoms with Crippen LogP contribution in [-0.2, 0) is 0 Å². The quantitative estimate of drug-likeness (QED) is 0.496. The van der Waals surface area contributed by atoms with E-state index in [9.17, 15) is 0 Å². The average Bonchev–Trinajstić information content (AvgIpc) is 2.13. The lowest BCUT2D eigenvalue weighted by atomic mass is 10.4. The number of rotatable bonds is 1. The molecule has 0 bridgehead atoms. The fraction of sp³-hybridized carbons (Fsp3) is 0.333. The first-order valence-electron chi connectivity index (χ1n) is 2.79. The fourth-order valence-corrected chi connectivity index (χ4v) is 0.481. The zero-order chi connectivity index (χ0) is 6.53. The first-order chi connectivity index (χ1) is 4.43. The Morgan fingerprint density at radius 2 is 2.56 bits per heavy atom. The molecule has 0 unspecified atom stereocenters. The molecule has 1 aliphatic rings. The van der Waals surface area contributed by atoms with Crippen molar-refractivity contribution in [2.45, 2.75) is 13.3 Å². The second-order valence-electron chi connectivity index (χ2n) is 1.53. The fourth-order valence-electron chi connectivity index (χ4n) is 0.481. The molecule has 0 fully saturated rings. The second-order valence-corrected chi connectivity index (χ2v) is 1.53. The van der Waals surface area contributed by atoms with Crippen molar-refractivity contribution in [3.8, 4) is 0 Å². The van der Waals surface area contributed by atoms with Gasteiger partial charge in [0.1, 0.15) is 12.2 Å². The molecule has 1 heterocycles. The van der Waals surface area contributed by atoms with Gasteiger partial charge in [-0.3, -0.25) is 0 Å². The van der Waals surface area contributed by atoms with Crippen LogP contribution in [0.4, 0.5) is 0 Å². The molecule has 0 aromatic rings. The van der Waals surface area contributed by atoms with Crippen LogP contribution < -0.4 is 0 Å². The van der Waals surface area contributed by atoms with Crippen molar-refractivity contribution in [2.75, 3.05) is 0 Å². The molecule has 46 valence electrons. The molecule has 0 amide bonds. The van der Waals surface area contributed by atoms with Gasteiger partial charge in [0.15, 0.2) is 0 Å². The van der Waals surface area contributed by atoms with Crippen LogP contribution >= 0.6 is 0 Å². The molecule has 9 heavy (non-hydrogen) atoms. The monoisotopic (exact) mass is 121 g/mol. The van der Waals surface area contributed by atoms with Crippen molar-refractivity contribution in [1.29, 1.82) is 0 Å². The first-order valence-corrected chi connectivity index (χ1v) is 2.79. The van der Waals surface area contributed by atoms with Gasteiger partial charge in [-0.05, 0) is 0 Å². The number of nitrogens with zero attached hydrogens (tertiary/aromatic N) is 3. The minimum atomic E-state index is 0.795. The van der Waals surface area contributed by atoms with Crippen molar-refractivity contribution in [2.24, 2.45) is 15.0 Å². The zero-order valence-corrected chi connectivity index (χ0v) is 5.20. The Bertz CT molecular complexity index is 206. The minimum Gasteiger partial charge on any atom is -0.231 e. The summed E-state index contributed by atoms with van der Waals surface area (Å²) in [7, 11) is 0. The molecule has 1 rings (SSSR count). The highest BCUT2D eigenvalue weighted by Crippen LogP contribution is 1.88. The minimum absolute atomic E-state index is 0.795. The van der Waals surface area contributed by atoms with Gasteiger partial charge < -0.3 is 0 Å². The number of aliphatic imine (C=N–C) groups is 3. The van der Waals surface area contributed by atoms with E-state index in [1.165, 1.54) is 12.5 Å². The lowest BCUT2D eigenvalue weighted by Gasteiger charge is -1.86. The van der Waals surface area contributed by atoms with Crippen LogP contribution in [0.1, 0.15) is 13.3 Å². The van der Waals surface area contributed by atoms with Crippen LogP contribution in [0.25, 0.3) is 0 Å². The van der Waals surface area contributed by atoms with Gasteiger partial charge in [-0.1, -0.05) is 6.92 Å². The summed E-state index contributed by atoms with van der Waals surface area (Å²) >= 11 is 0. The summed E-state index contributed by atoms with van der Waals surface area (Å²) in [5, 5.41) is 0. The summed E-state index contributed by atoms with van der Waals surface area (Å²) < 4.78 is 0. The molecule has 0 spiro atoms. The van der Waals surface area contributed by atoms with Crippen molar-refractivity contribution < 1.29 is 0 Å². The van der Waals surface area contributed by atoms with Crippen LogP contribution in [0.3, 0.4) is 0 Å².